The molecule has 13 heavy (non-hydrogen) atoms. The van der Waals surface area contributed by atoms with Crippen molar-refractivity contribution in [2.75, 3.05) is 6.23 Å². The van der Waals surface area contributed by atoms with Crippen molar-refractivity contribution in [2.24, 2.45) is 0 Å². The molecule has 0 fully saturated rings. The van der Waals surface area contributed by atoms with Gasteiger partial charge in [-0.15, -0.1) is 0 Å². The zero-order chi connectivity index (χ0) is 10.7. The second-order valence-corrected chi connectivity index (χ2v) is 16.6. The molecule has 0 aliphatic rings. The Morgan fingerprint density at radius 2 is 1.46 bits per heavy atom. The van der Waals surface area contributed by atoms with Gasteiger partial charge in [-0.05, 0) is 32.7 Å². The summed E-state index contributed by atoms with van der Waals surface area (Å²) in [5.74, 6) is 0. The summed E-state index contributed by atoms with van der Waals surface area (Å²) in [5, 5.41) is 0. The van der Waals surface area contributed by atoms with Gasteiger partial charge in [0.05, 0.1) is 8.80 Å². The van der Waals surface area contributed by atoms with Crippen molar-refractivity contribution >= 4 is 25.7 Å². The highest BCUT2D eigenvalue weighted by Gasteiger charge is 2.31. The van der Waals surface area contributed by atoms with E-state index >= 15 is 0 Å². The minimum Gasteiger partial charge on any atom is -0.436 e. The molecule has 0 heterocycles. The normalized spacial score (nSPS) is 13.8. The van der Waals surface area contributed by atoms with Gasteiger partial charge in [-0.25, -0.2) is 0 Å². The van der Waals surface area contributed by atoms with Crippen molar-refractivity contribution in [1.82, 2.24) is 0 Å². The average molecular weight is 237 g/mol. The predicted molar refractivity (Wildman–Crippen MR) is 66.7 cm³/mol. The van der Waals surface area contributed by atoms with E-state index in [1.54, 1.807) is 0 Å². The van der Waals surface area contributed by atoms with Gasteiger partial charge < -0.3 is 8.54 Å². The Bertz CT molecular complexity index is 152. The molecule has 5 heteroatoms. The summed E-state index contributed by atoms with van der Waals surface area (Å²) < 4.78 is 11.9. The lowest BCUT2D eigenvalue weighted by molar-refractivity contribution is 0.290. The monoisotopic (exact) mass is 236 g/mol. The van der Waals surface area contributed by atoms with Gasteiger partial charge in [0.1, 0.15) is 0 Å². The fourth-order valence-electron chi connectivity index (χ4n) is 1.13. The highest BCUT2D eigenvalue weighted by Crippen LogP contribution is 2.15. The molecule has 0 aliphatic carbocycles. The Kier molecular flexibility index (Phi) is 5.09. The number of hydrogen-bond acceptors (Lipinski definition) is 2. The van der Waals surface area contributed by atoms with Crippen LogP contribution in [0, 0.1) is 0 Å². The van der Waals surface area contributed by atoms with Crippen LogP contribution in [0.1, 0.15) is 0 Å². The molecule has 0 radical (unpaired) electrons. The lowest BCUT2D eigenvalue weighted by Crippen LogP contribution is -2.46. The fourth-order valence-corrected chi connectivity index (χ4v) is 10.2. The van der Waals surface area contributed by atoms with Gasteiger partial charge in [-0.1, -0.05) is 13.1 Å². The van der Waals surface area contributed by atoms with E-state index in [-0.39, 0.29) is 0 Å². The van der Waals surface area contributed by atoms with Crippen LogP contribution in [0.4, 0.5) is 0 Å². The first-order chi connectivity index (χ1) is 5.62. The quantitative estimate of drug-likeness (QED) is 0.683. The molecule has 0 aromatic carbocycles. The highest BCUT2D eigenvalue weighted by atomic mass is 28.4. The van der Waals surface area contributed by atoms with Crippen molar-refractivity contribution in [2.45, 2.75) is 45.8 Å². The Morgan fingerprint density at radius 1 is 1.00 bits per heavy atom. The van der Waals surface area contributed by atoms with E-state index < -0.39 is 25.7 Å². The Morgan fingerprint density at radius 3 is 1.77 bits per heavy atom. The molecule has 0 saturated carbocycles. The molecule has 0 aromatic rings. The first-order valence-corrected chi connectivity index (χ1v) is 14.3. The third-order valence-electron chi connectivity index (χ3n) is 1.32. The third kappa shape index (κ3) is 8.89. The zero-order valence-electron chi connectivity index (χ0n) is 10.1. The van der Waals surface area contributed by atoms with Crippen LogP contribution >= 0.6 is 0 Å². The molecule has 2 nitrogen and oxygen atoms in total. The molecule has 0 amide bonds. The molecule has 0 aromatic heterocycles. The third-order valence-corrected chi connectivity index (χ3v) is 7.76. The molecule has 0 unspecified atom stereocenters. The fraction of sp³-hybridized carbons (Fsp3) is 1.00. The lowest BCUT2D eigenvalue weighted by Gasteiger charge is -2.31. The molecule has 0 spiro atoms. The van der Waals surface area contributed by atoms with Crippen molar-refractivity contribution in [3.8, 4) is 0 Å². The highest BCUT2D eigenvalue weighted by molar-refractivity contribution is 6.81. The van der Waals surface area contributed by atoms with E-state index in [2.05, 4.69) is 45.8 Å². The van der Waals surface area contributed by atoms with Crippen LogP contribution in [-0.4, -0.2) is 31.9 Å². The van der Waals surface area contributed by atoms with Crippen LogP contribution in [0.15, 0.2) is 0 Å². The van der Waals surface area contributed by atoms with Crippen LogP contribution < -0.4 is 0 Å². The Hall–Kier alpha value is 0.571. The maximum atomic E-state index is 6.05. The predicted octanol–water partition coefficient (Wildman–Crippen LogP) is 2.58. The van der Waals surface area contributed by atoms with E-state index in [0.717, 1.165) is 6.23 Å². The smallest absolute Gasteiger partial charge is 0.321 e. The minimum atomic E-state index is -1.81. The van der Waals surface area contributed by atoms with Crippen molar-refractivity contribution in [1.29, 1.82) is 0 Å². The summed E-state index contributed by atoms with van der Waals surface area (Å²) in [4.78, 5) is 0. The minimum absolute atomic E-state index is 0.590. The molecule has 0 saturated heterocycles. The van der Waals surface area contributed by atoms with E-state index in [0.29, 0.717) is 0 Å². The first kappa shape index (κ1) is 13.6. The molecule has 0 atom stereocenters. The van der Waals surface area contributed by atoms with Gasteiger partial charge in [-0.3, -0.25) is 0 Å². The van der Waals surface area contributed by atoms with E-state index in [1.165, 1.54) is 0 Å². The first-order valence-electron chi connectivity index (χ1n) is 4.96. The van der Waals surface area contributed by atoms with E-state index in [4.69, 9.17) is 8.54 Å². The molecule has 0 aliphatic heterocycles. The van der Waals surface area contributed by atoms with Crippen LogP contribution in [0.25, 0.3) is 0 Å². The molecule has 80 valence electrons. The van der Waals surface area contributed by atoms with Crippen molar-refractivity contribution in [3.63, 3.8) is 0 Å². The second-order valence-electron chi connectivity index (χ2n) is 5.32. The van der Waals surface area contributed by atoms with Gasteiger partial charge in [0, 0.05) is 6.23 Å². The van der Waals surface area contributed by atoms with Gasteiger partial charge in [-0.2, -0.15) is 0 Å². The zero-order valence-corrected chi connectivity index (χ0v) is 13.3. The largest absolute Gasteiger partial charge is 0.436 e. The lowest BCUT2D eigenvalue weighted by atomic mass is 11.7. The Labute approximate surface area is 86.6 Å². The SMILES string of the molecule is C[SiH](C)CO[Si](C)(C)O[Si](C)(C)C. The summed E-state index contributed by atoms with van der Waals surface area (Å²) in [6, 6.07) is 0. The summed E-state index contributed by atoms with van der Waals surface area (Å²) in [6.45, 7) is 15.6. The summed E-state index contributed by atoms with van der Waals surface area (Å²) in [5.41, 5.74) is 0. The maximum absolute atomic E-state index is 6.05. The van der Waals surface area contributed by atoms with Crippen molar-refractivity contribution in [3.05, 3.63) is 0 Å². The second kappa shape index (κ2) is 4.88. The molecule has 0 rings (SSSR count). The maximum Gasteiger partial charge on any atom is 0.321 e. The summed E-state index contributed by atoms with van der Waals surface area (Å²) in [6.07, 6.45) is 0.962. The van der Waals surface area contributed by atoms with Gasteiger partial charge >= 0.3 is 8.56 Å². The van der Waals surface area contributed by atoms with Crippen LogP contribution in [0.5, 0.6) is 0 Å². The number of hydrogen-bond donors (Lipinski definition) is 0. The number of rotatable bonds is 5. The average Bonchev–Trinajstić information content (AvgIpc) is 1.78. The standard InChI is InChI=1S/C8H24O2Si3/c1-11(2)8-9-13(6,7)10-12(3,4)5/h11H,8H2,1-7H3. The van der Waals surface area contributed by atoms with Gasteiger partial charge in [0.25, 0.3) is 0 Å². The van der Waals surface area contributed by atoms with Gasteiger partial charge in [0.15, 0.2) is 8.32 Å². The van der Waals surface area contributed by atoms with E-state index in [1.807, 2.05) is 0 Å². The molecule has 0 N–H and O–H groups in total. The topological polar surface area (TPSA) is 18.5 Å². The molecule has 0 bridgehead atoms. The van der Waals surface area contributed by atoms with Crippen LogP contribution in [-0.2, 0) is 8.54 Å². The van der Waals surface area contributed by atoms with Crippen LogP contribution in [0.2, 0.25) is 45.8 Å². The Balaban J connectivity index is 3.94. The van der Waals surface area contributed by atoms with Crippen LogP contribution in [0.3, 0.4) is 0 Å². The molecular formula is C8H24O2Si3. The molecular weight excluding hydrogens is 212 g/mol. The van der Waals surface area contributed by atoms with Crippen molar-refractivity contribution < 1.29 is 8.54 Å². The van der Waals surface area contributed by atoms with E-state index in [9.17, 15) is 0 Å². The van der Waals surface area contributed by atoms with Gasteiger partial charge in [0.2, 0.25) is 0 Å². The summed E-state index contributed by atoms with van der Waals surface area (Å²) >= 11 is 0. The summed E-state index contributed by atoms with van der Waals surface area (Å²) in [7, 11) is -3.81.